The number of hydrogen-bond donors (Lipinski definition) is 0. The van der Waals surface area contributed by atoms with Crippen LogP contribution in [-0.2, 0) is 0 Å². The summed E-state index contributed by atoms with van der Waals surface area (Å²) >= 11 is 0. The molecule has 0 aromatic carbocycles. The second kappa shape index (κ2) is 22.8. The van der Waals surface area contributed by atoms with Crippen molar-refractivity contribution in [2.45, 2.75) is 222 Å². The van der Waals surface area contributed by atoms with Gasteiger partial charge in [0.1, 0.15) is 0 Å². The van der Waals surface area contributed by atoms with Gasteiger partial charge in [-0.3, -0.25) is 0 Å². The Morgan fingerprint density at radius 1 is 0.297 bits per heavy atom. The monoisotopic (exact) mass is 521 g/mol. The van der Waals surface area contributed by atoms with Crippen molar-refractivity contribution < 1.29 is 0 Å². The first-order valence-electron chi connectivity index (χ1n) is 17.6. The minimum absolute atomic E-state index is 0.364. The predicted octanol–water partition coefficient (Wildman–Crippen LogP) is 14.2. The smallest absolute Gasteiger partial charge is 0.0254 e. The molecule has 0 rings (SSSR count). The minimum atomic E-state index is 0.364. The number of unbranched alkanes of at least 4 members (excludes halogenated alkanes) is 24. The molecule has 37 heavy (non-hydrogen) atoms. The highest BCUT2D eigenvalue weighted by Crippen LogP contribution is 2.53. The van der Waals surface area contributed by atoms with Gasteiger partial charge < -0.3 is 0 Å². The largest absolute Gasteiger partial charge is 0.0654 e. The summed E-state index contributed by atoms with van der Waals surface area (Å²) in [5, 5.41) is 0. The van der Waals surface area contributed by atoms with Gasteiger partial charge in [-0.25, -0.2) is 0 Å². The molecule has 0 saturated heterocycles. The molecule has 0 unspecified atom stereocenters. The van der Waals surface area contributed by atoms with Gasteiger partial charge in [-0.15, -0.1) is 0 Å². The van der Waals surface area contributed by atoms with Gasteiger partial charge in [0.15, 0.2) is 0 Å². The van der Waals surface area contributed by atoms with E-state index in [0.717, 1.165) is 0 Å². The fourth-order valence-electron chi connectivity index (χ4n) is 6.03. The summed E-state index contributed by atoms with van der Waals surface area (Å²) in [6, 6.07) is 0. The van der Waals surface area contributed by atoms with Crippen molar-refractivity contribution >= 4 is 0 Å². The molecule has 0 heteroatoms. The Labute approximate surface area is 238 Å². The minimum Gasteiger partial charge on any atom is -0.0654 e. The zero-order valence-corrected chi connectivity index (χ0v) is 27.9. The van der Waals surface area contributed by atoms with Crippen molar-refractivity contribution in [1.29, 1.82) is 0 Å². The van der Waals surface area contributed by atoms with Crippen LogP contribution in [0.5, 0.6) is 0 Å². The standard InChI is InChI=1S/C37H76/c1-9-10-11-12-13-14-15-16-17-18-19-20-21-22-23-24-25-26-27-28-29-30-31-32-33-34-36(5,6)37(7,8)35(2,3)4/h9-34H2,1-8H3. The maximum Gasteiger partial charge on any atom is -0.0254 e. The van der Waals surface area contributed by atoms with Crippen LogP contribution < -0.4 is 0 Å². The van der Waals surface area contributed by atoms with E-state index in [9.17, 15) is 0 Å². The van der Waals surface area contributed by atoms with E-state index < -0.39 is 0 Å². The molecule has 0 aliphatic carbocycles. The number of rotatable bonds is 27. The van der Waals surface area contributed by atoms with Gasteiger partial charge in [0.05, 0.1) is 0 Å². The Morgan fingerprint density at radius 2 is 0.514 bits per heavy atom. The predicted molar refractivity (Wildman–Crippen MR) is 173 cm³/mol. The molecule has 0 aromatic rings. The third-order valence-corrected chi connectivity index (χ3v) is 10.5. The molecule has 224 valence electrons. The molecule has 0 atom stereocenters. The number of hydrogen-bond acceptors (Lipinski definition) is 0. The highest BCUT2D eigenvalue weighted by atomic mass is 14.5. The van der Waals surface area contributed by atoms with Crippen molar-refractivity contribution in [3.63, 3.8) is 0 Å². The molecule has 0 spiro atoms. The van der Waals surface area contributed by atoms with E-state index in [-0.39, 0.29) is 0 Å². The normalized spacial score (nSPS) is 13.0. The van der Waals surface area contributed by atoms with E-state index in [2.05, 4.69) is 55.4 Å². The lowest BCUT2D eigenvalue weighted by atomic mass is 9.54. The summed E-state index contributed by atoms with van der Waals surface area (Å²) in [7, 11) is 0. The molecule has 0 aliphatic rings. The van der Waals surface area contributed by atoms with Crippen LogP contribution in [0, 0.1) is 16.2 Å². The summed E-state index contributed by atoms with van der Waals surface area (Å²) in [5.74, 6) is 0. The molecule has 0 aliphatic heterocycles. The lowest BCUT2D eigenvalue weighted by molar-refractivity contribution is -0.0147. The van der Waals surface area contributed by atoms with E-state index in [1.54, 1.807) is 0 Å². The fourth-order valence-corrected chi connectivity index (χ4v) is 6.03. The maximum atomic E-state index is 2.50. The van der Waals surface area contributed by atoms with Gasteiger partial charge in [0.2, 0.25) is 0 Å². The zero-order valence-electron chi connectivity index (χ0n) is 27.9. The Kier molecular flexibility index (Phi) is 22.8. The first-order chi connectivity index (χ1) is 17.6. The molecule has 0 N–H and O–H groups in total. The van der Waals surface area contributed by atoms with Crippen molar-refractivity contribution in [2.75, 3.05) is 0 Å². The van der Waals surface area contributed by atoms with Gasteiger partial charge in [-0.1, -0.05) is 216 Å². The zero-order chi connectivity index (χ0) is 27.9. The first-order valence-corrected chi connectivity index (χ1v) is 17.6. The van der Waals surface area contributed by atoms with E-state index in [1.165, 1.54) is 167 Å². The van der Waals surface area contributed by atoms with Crippen LogP contribution in [0.2, 0.25) is 0 Å². The highest BCUT2D eigenvalue weighted by Gasteiger charge is 2.44. The van der Waals surface area contributed by atoms with Gasteiger partial charge >= 0.3 is 0 Å². The molecular formula is C37H76. The van der Waals surface area contributed by atoms with Gasteiger partial charge in [0, 0.05) is 0 Å². The second-order valence-corrected chi connectivity index (χ2v) is 15.0. The van der Waals surface area contributed by atoms with Crippen molar-refractivity contribution in [1.82, 2.24) is 0 Å². The van der Waals surface area contributed by atoms with Crippen LogP contribution in [0.4, 0.5) is 0 Å². The summed E-state index contributed by atoms with van der Waals surface area (Å²) in [6.07, 6.45) is 38.1. The molecule has 0 heterocycles. The summed E-state index contributed by atoms with van der Waals surface area (Å²) in [6.45, 7) is 19.5. The van der Waals surface area contributed by atoms with E-state index in [0.29, 0.717) is 16.2 Å². The molecular weight excluding hydrogens is 444 g/mol. The van der Waals surface area contributed by atoms with Gasteiger partial charge in [0.25, 0.3) is 0 Å². The third kappa shape index (κ3) is 19.7. The molecule has 0 radical (unpaired) electrons. The van der Waals surface area contributed by atoms with Gasteiger partial charge in [-0.05, 0) is 22.7 Å². The van der Waals surface area contributed by atoms with Crippen molar-refractivity contribution in [3.8, 4) is 0 Å². The summed E-state index contributed by atoms with van der Waals surface area (Å²) in [5.41, 5.74) is 1.15. The molecule has 0 amide bonds. The molecule has 0 aromatic heterocycles. The summed E-state index contributed by atoms with van der Waals surface area (Å²) < 4.78 is 0. The van der Waals surface area contributed by atoms with E-state index in [1.807, 2.05) is 0 Å². The second-order valence-electron chi connectivity index (χ2n) is 15.0. The van der Waals surface area contributed by atoms with Crippen molar-refractivity contribution in [3.05, 3.63) is 0 Å². The average molecular weight is 521 g/mol. The quantitative estimate of drug-likeness (QED) is 0.0944. The van der Waals surface area contributed by atoms with Crippen LogP contribution in [0.15, 0.2) is 0 Å². The Bertz CT molecular complexity index is 463. The lowest BCUT2D eigenvalue weighted by Crippen LogP contribution is -2.42. The van der Waals surface area contributed by atoms with Crippen LogP contribution in [0.25, 0.3) is 0 Å². The topological polar surface area (TPSA) is 0 Å². The lowest BCUT2D eigenvalue weighted by Gasteiger charge is -2.51. The molecule has 0 nitrogen and oxygen atoms in total. The van der Waals surface area contributed by atoms with Crippen LogP contribution in [0.3, 0.4) is 0 Å². The first kappa shape index (κ1) is 37.0. The molecule has 0 saturated carbocycles. The van der Waals surface area contributed by atoms with Crippen molar-refractivity contribution in [2.24, 2.45) is 16.2 Å². The summed E-state index contributed by atoms with van der Waals surface area (Å²) in [4.78, 5) is 0. The Hall–Kier alpha value is 0. The van der Waals surface area contributed by atoms with Gasteiger partial charge in [-0.2, -0.15) is 0 Å². The average Bonchev–Trinajstić information content (AvgIpc) is 2.83. The molecule has 0 bridgehead atoms. The van der Waals surface area contributed by atoms with E-state index >= 15 is 0 Å². The van der Waals surface area contributed by atoms with Crippen LogP contribution in [-0.4, -0.2) is 0 Å². The SMILES string of the molecule is CCCCCCCCCCCCCCCCCCCCCCCCCCCC(C)(C)C(C)(C)C(C)(C)C. The van der Waals surface area contributed by atoms with Crippen LogP contribution >= 0.6 is 0 Å². The Morgan fingerprint density at radius 3 is 0.730 bits per heavy atom. The molecule has 0 fully saturated rings. The maximum absolute atomic E-state index is 2.50. The fraction of sp³-hybridized carbons (Fsp3) is 1.00. The highest BCUT2D eigenvalue weighted by molar-refractivity contribution is 4.94. The van der Waals surface area contributed by atoms with Crippen LogP contribution in [0.1, 0.15) is 222 Å². The third-order valence-electron chi connectivity index (χ3n) is 10.5. The Balaban J connectivity index is 3.30. The van der Waals surface area contributed by atoms with E-state index in [4.69, 9.17) is 0 Å².